The molecule has 6 heteroatoms. The molecule has 160 valence electrons. The Kier molecular flexibility index (Phi) is 6.18. The average molecular weight is 418 g/mol. The van der Waals surface area contributed by atoms with Gasteiger partial charge in [-0.25, -0.2) is 0 Å². The molecule has 0 saturated carbocycles. The smallest absolute Gasteiger partial charge is 0.256 e. The topological polar surface area (TPSA) is 60.9 Å². The van der Waals surface area contributed by atoms with E-state index in [1.54, 1.807) is 14.2 Å². The number of morpholine rings is 1. The van der Waals surface area contributed by atoms with Gasteiger partial charge in [0.1, 0.15) is 0 Å². The van der Waals surface area contributed by atoms with Crippen molar-refractivity contribution in [1.82, 2.24) is 9.88 Å². The number of carbonyl (C=O) groups is 1. The second kappa shape index (κ2) is 9.18. The number of hydrogen-bond acceptors (Lipinski definition) is 5. The van der Waals surface area contributed by atoms with E-state index in [1.165, 1.54) is 0 Å². The molecule has 1 aromatic heterocycles. The number of aromatic nitrogens is 1. The van der Waals surface area contributed by atoms with Gasteiger partial charge in [0.25, 0.3) is 5.91 Å². The number of rotatable bonds is 5. The molecular formula is C25H26N2O4. The van der Waals surface area contributed by atoms with Crippen LogP contribution in [0.25, 0.3) is 22.4 Å². The van der Waals surface area contributed by atoms with E-state index >= 15 is 0 Å². The Hall–Kier alpha value is -3.38. The molecule has 0 unspecified atom stereocenters. The zero-order valence-corrected chi connectivity index (χ0v) is 18.1. The minimum atomic E-state index is -0.0299. The molecule has 1 fully saturated rings. The van der Waals surface area contributed by atoms with Crippen molar-refractivity contribution in [3.63, 3.8) is 0 Å². The summed E-state index contributed by atoms with van der Waals surface area (Å²) in [5, 5.41) is 0. The molecule has 0 atom stereocenters. The van der Waals surface area contributed by atoms with Crippen molar-refractivity contribution in [2.24, 2.45) is 0 Å². The lowest BCUT2D eigenvalue weighted by Crippen LogP contribution is -2.41. The minimum absolute atomic E-state index is 0.0299. The van der Waals surface area contributed by atoms with Crippen LogP contribution in [-0.4, -0.2) is 56.3 Å². The first kappa shape index (κ1) is 20.9. The van der Waals surface area contributed by atoms with E-state index in [1.807, 2.05) is 66.4 Å². The van der Waals surface area contributed by atoms with E-state index in [4.69, 9.17) is 19.2 Å². The molecule has 1 aliphatic rings. The molecule has 2 aromatic carbocycles. The number of aryl methyl sites for hydroxylation is 1. The lowest BCUT2D eigenvalue weighted by Gasteiger charge is -2.28. The number of nitrogens with zero attached hydrogens (tertiary/aromatic N) is 2. The lowest BCUT2D eigenvalue weighted by molar-refractivity contribution is 0.0302. The number of methoxy groups -OCH3 is 2. The minimum Gasteiger partial charge on any atom is -0.493 e. The van der Waals surface area contributed by atoms with Crippen LogP contribution in [0.4, 0.5) is 0 Å². The van der Waals surface area contributed by atoms with Gasteiger partial charge in [-0.05, 0) is 36.2 Å². The number of pyridine rings is 1. The fourth-order valence-electron chi connectivity index (χ4n) is 3.86. The third-order valence-corrected chi connectivity index (χ3v) is 5.48. The first-order valence-electron chi connectivity index (χ1n) is 10.3. The lowest BCUT2D eigenvalue weighted by atomic mass is 9.95. The quantitative estimate of drug-likeness (QED) is 0.621. The monoisotopic (exact) mass is 418 g/mol. The average Bonchev–Trinajstić information content (AvgIpc) is 2.83. The van der Waals surface area contributed by atoms with Crippen LogP contribution in [0.5, 0.6) is 11.5 Å². The van der Waals surface area contributed by atoms with Crippen molar-refractivity contribution in [2.75, 3.05) is 40.5 Å². The number of hydrogen-bond donors (Lipinski definition) is 0. The van der Waals surface area contributed by atoms with Crippen LogP contribution < -0.4 is 9.47 Å². The summed E-state index contributed by atoms with van der Waals surface area (Å²) in [6.45, 7) is 4.14. The number of carbonyl (C=O) groups excluding carboxylic acids is 1. The van der Waals surface area contributed by atoms with Gasteiger partial charge in [0.15, 0.2) is 11.5 Å². The van der Waals surface area contributed by atoms with Gasteiger partial charge in [-0.1, -0.05) is 36.4 Å². The normalized spacial score (nSPS) is 13.7. The van der Waals surface area contributed by atoms with Crippen molar-refractivity contribution in [3.8, 4) is 33.9 Å². The molecule has 31 heavy (non-hydrogen) atoms. The highest BCUT2D eigenvalue weighted by atomic mass is 16.5. The molecule has 0 N–H and O–H groups in total. The Morgan fingerprint density at radius 2 is 1.65 bits per heavy atom. The highest BCUT2D eigenvalue weighted by molar-refractivity contribution is 6.02. The van der Waals surface area contributed by atoms with E-state index in [0.29, 0.717) is 49.1 Å². The van der Waals surface area contributed by atoms with Crippen LogP contribution in [0, 0.1) is 6.92 Å². The number of benzene rings is 2. The van der Waals surface area contributed by atoms with Gasteiger partial charge in [-0.3, -0.25) is 9.78 Å². The highest BCUT2D eigenvalue weighted by Crippen LogP contribution is 2.36. The zero-order chi connectivity index (χ0) is 21.8. The first-order chi connectivity index (χ1) is 15.1. The fraction of sp³-hybridized carbons (Fsp3) is 0.280. The molecule has 1 amide bonds. The predicted molar refractivity (Wildman–Crippen MR) is 120 cm³/mol. The van der Waals surface area contributed by atoms with Crippen LogP contribution in [0.2, 0.25) is 0 Å². The van der Waals surface area contributed by atoms with Gasteiger partial charge in [0, 0.05) is 18.7 Å². The van der Waals surface area contributed by atoms with E-state index in [-0.39, 0.29) is 5.91 Å². The van der Waals surface area contributed by atoms with Gasteiger partial charge in [-0.2, -0.15) is 0 Å². The Bertz CT molecular complexity index is 1080. The maximum Gasteiger partial charge on any atom is 0.256 e. The van der Waals surface area contributed by atoms with Crippen molar-refractivity contribution in [2.45, 2.75) is 6.92 Å². The fourth-order valence-corrected chi connectivity index (χ4v) is 3.86. The molecule has 0 aliphatic carbocycles. The Morgan fingerprint density at radius 3 is 2.32 bits per heavy atom. The molecule has 6 nitrogen and oxygen atoms in total. The summed E-state index contributed by atoms with van der Waals surface area (Å²) in [7, 11) is 3.21. The van der Waals surface area contributed by atoms with Gasteiger partial charge in [0.2, 0.25) is 0 Å². The second-order valence-electron chi connectivity index (χ2n) is 7.36. The molecule has 2 heterocycles. The predicted octanol–water partition coefficient (Wildman–Crippen LogP) is 4.21. The number of ether oxygens (including phenoxy) is 3. The van der Waals surface area contributed by atoms with Crippen molar-refractivity contribution in [1.29, 1.82) is 0 Å². The molecule has 1 aliphatic heterocycles. The van der Waals surface area contributed by atoms with Gasteiger partial charge in [-0.15, -0.1) is 0 Å². The first-order valence-corrected chi connectivity index (χ1v) is 10.3. The maximum atomic E-state index is 13.5. The molecule has 0 bridgehead atoms. The van der Waals surface area contributed by atoms with Crippen LogP contribution in [-0.2, 0) is 4.74 Å². The van der Waals surface area contributed by atoms with E-state index in [9.17, 15) is 4.79 Å². The Labute approximate surface area is 182 Å². The van der Waals surface area contributed by atoms with Crippen molar-refractivity contribution >= 4 is 5.91 Å². The Balaban J connectivity index is 1.89. The molecule has 3 aromatic rings. The van der Waals surface area contributed by atoms with E-state index in [2.05, 4.69) is 0 Å². The van der Waals surface area contributed by atoms with E-state index in [0.717, 1.165) is 22.4 Å². The molecule has 0 spiro atoms. The summed E-state index contributed by atoms with van der Waals surface area (Å²) in [6.07, 6.45) is 0. The maximum absolute atomic E-state index is 13.5. The second-order valence-corrected chi connectivity index (χ2v) is 7.36. The Morgan fingerprint density at radius 1 is 0.935 bits per heavy atom. The molecular weight excluding hydrogens is 392 g/mol. The molecule has 1 saturated heterocycles. The largest absolute Gasteiger partial charge is 0.493 e. The van der Waals surface area contributed by atoms with Crippen LogP contribution in [0.1, 0.15) is 16.1 Å². The van der Waals surface area contributed by atoms with Gasteiger partial charge < -0.3 is 19.1 Å². The summed E-state index contributed by atoms with van der Waals surface area (Å²) < 4.78 is 16.3. The van der Waals surface area contributed by atoms with Crippen LogP contribution in [0.3, 0.4) is 0 Å². The van der Waals surface area contributed by atoms with E-state index < -0.39 is 0 Å². The summed E-state index contributed by atoms with van der Waals surface area (Å²) in [5.41, 5.74) is 4.82. The summed E-state index contributed by atoms with van der Waals surface area (Å²) in [6, 6.07) is 17.7. The summed E-state index contributed by atoms with van der Waals surface area (Å²) in [4.78, 5) is 20.1. The SMILES string of the molecule is COc1ccc(-c2cc(-c3ccccc3)nc(C)c2C(=O)N2CCOCC2)cc1OC. The highest BCUT2D eigenvalue weighted by Gasteiger charge is 2.25. The zero-order valence-electron chi connectivity index (χ0n) is 18.1. The third-order valence-electron chi connectivity index (χ3n) is 5.48. The molecule has 0 radical (unpaired) electrons. The van der Waals surface area contributed by atoms with Gasteiger partial charge >= 0.3 is 0 Å². The standard InChI is InChI=1S/C25H26N2O4/c1-17-24(25(28)27-11-13-31-14-12-27)20(16-21(26-17)18-7-5-4-6-8-18)19-9-10-22(29-2)23(15-19)30-3/h4-10,15-16H,11-14H2,1-3H3. The van der Waals surface area contributed by atoms with Crippen LogP contribution >= 0.6 is 0 Å². The summed E-state index contributed by atoms with van der Waals surface area (Å²) >= 11 is 0. The van der Waals surface area contributed by atoms with Crippen molar-refractivity contribution in [3.05, 3.63) is 65.9 Å². The number of amides is 1. The molecule has 4 rings (SSSR count). The van der Waals surface area contributed by atoms with Crippen LogP contribution in [0.15, 0.2) is 54.6 Å². The summed E-state index contributed by atoms with van der Waals surface area (Å²) in [5.74, 6) is 1.22. The third kappa shape index (κ3) is 4.25. The van der Waals surface area contributed by atoms with Gasteiger partial charge in [0.05, 0.1) is 44.4 Å². The van der Waals surface area contributed by atoms with Crippen molar-refractivity contribution < 1.29 is 19.0 Å².